The summed E-state index contributed by atoms with van der Waals surface area (Å²) in [4.78, 5) is 26.1. The predicted molar refractivity (Wildman–Crippen MR) is 62.8 cm³/mol. The molecule has 1 aromatic rings. The minimum Gasteiger partial charge on any atom is -0.481 e. The van der Waals surface area contributed by atoms with Gasteiger partial charge in [0, 0.05) is 24.4 Å². The average molecular weight is 236 g/mol. The van der Waals surface area contributed by atoms with Crippen LogP contribution in [0.2, 0.25) is 0 Å². The van der Waals surface area contributed by atoms with E-state index < -0.39 is 5.97 Å². The molecule has 1 amide bonds. The third-order valence-corrected chi connectivity index (χ3v) is 2.34. The van der Waals surface area contributed by atoms with Gasteiger partial charge >= 0.3 is 5.97 Å². The number of carboxylic acids is 1. The number of nitrogens with one attached hydrogen (secondary N) is 1. The molecule has 0 aromatic carbocycles. The van der Waals surface area contributed by atoms with Crippen molar-refractivity contribution >= 4 is 11.9 Å². The summed E-state index contributed by atoms with van der Waals surface area (Å²) in [5.41, 5.74) is 1.33. The van der Waals surface area contributed by atoms with Crippen LogP contribution in [-0.2, 0) is 4.79 Å². The van der Waals surface area contributed by atoms with Crippen molar-refractivity contribution in [1.82, 2.24) is 10.3 Å². The molecule has 0 spiro atoms. The first-order valence-electron chi connectivity index (χ1n) is 5.44. The van der Waals surface area contributed by atoms with Crippen molar-refractivity contribution in [3.63, 3.8) is 0 Å². The van der Waals surface area contributed by atoms with Crippen molar-refractivity contribution in [2.75, 3.05) is 0 Å². The van der Waals surface area contributed by atoms with E-state index >= 15 is 0 Å². The zero-order chi connectivity index (χ0) is 12.8. The lowest BCUT2D eigenvalue weighted by Crippen LogP contribution is -2.33. The first kappa shape index (κ1) is 13.2. The Kier molecular flexibility index (Phi) is 4.63. The SMILES string of the molecule is Cc1ccc(C(=O)NC(C)CCC(=O)O)cn1. The summed E-state index contributed by atoms with van der Waals surface area (Å²) >= 11 is 0. The van der Waals surface area contributed by atoms with Gasteiger partial charge < -0.3 is 10.4 Å². The smallest absolute Gasteiger partial charge is 0.303 e. The van der Waals surface area contributed by atoms with Gasteiger partial charge in [0.2, 0.25) is 0 Å². The lowest BCUT2D eigenvalue weighted by molar-refractivity contribution is -0.137. The maximum absolute atomic E-state index is 11.7. The Morgan fingerprint density at radius 2 is 2.18 bits per heavy atom. The Hall–Kier alpha value is -1.91. The van der Waals surface area contributed by atoms with Crippen LogP contribution in [0.15, 0.2) is 18.3 Å². The summed E-state index contributed by atoms with van der Waals surface area (Å²) in [6, 6.07) is 3.29. The molecule has 5 heteroatoms. The summed E-state index contributed by atoms with van der Waals surface area (Å²) in [6.45, 7) is 3.62. The van der Waals surface area contributed by atoms with Gasteiger partial charge in [0.15, 0.2) is 0 Å². The Bertz CT molecular complexity index is 401. The highest BCUT2D eigenvalue weighted by Gasteiger charge is 2.11. The van der Waals surface area contributed by atoms with E-state index in [1.165, 1.54) is 6.20 Å². The molecular weight excluding hydrogens is 220 g/mol. The largest absolute Gasteiger partial charge is 0.481 e. The summed E-state index contributed by atoms with van der Waals surface area (Å²) in [5, 5.41) is 11.3. The average Bonchev–Trinajstić information content (AvgIpc) is 2.27. The molecule has 0 saturated heterocycles. The molecule has 1 aromatic heterocycles. The van der Waals surface area contributed by atoms with Gasteiger partial charge in [-0.3, -0.25) is 14.6 Å². The van der Waals surface area contributed by atoms with E-state index in [0.717, 1.165) is 5.69 Å². The first-order valence-corrected chi connectivity index (χ1v) is 5.44. The van der Waals surface area contributed by atoms with Crippen LogP contribution < -0.4 is 5.32 Å². The minimum atomic E-state index is -0.858. The number of hydrogen-bond acceptors (Lipinski definition) is 3. The quantitative estimate of drug-likeness (QED) is 0.809. The number of carbonyl (C=O) groups is 2. The van der Waals surface area contributed by atoms with Crippen LogP contribution >= 0.6 is 0 Å². The maximum atomic E-state index is 11.7. The molecule has 0 fully saturated rings. The monoisotopic (exact) mass is 236 g/mol. The fourth-order valence-corrected chi connectivity index (χ4v) is 1.32. The highest BCUT2D eigenvalue weighted by molar-refractivity contribution is 5.94. The van der Waals surface area contributed by atoms with Crippen LogP contribution in [0.1, 0.15) is 35.8 Å². The molecule has 2 N–H and O–H groups in total. The van der Waals surface area contributed by atoms with E-state index in [0.29, 0.717) is 12.0 Å². The third kappa shape index (κ3) is 4.63. The number of aliphatic carboxylic acids is 1. The fraction of sp³-hybridized carbons (Fsp3) is 0.417. The maximum Gasteiger partial charge on any atom is 0.303 e. The molecule has 0 radical (unpaired) electrons. The number of hydrogen-bond donors (Lipinski definition) is 2. The van der Waals surface area contributed by atoms with Crippen molar-refractivity contribution < 1.29 is 14.7 Å². The number of nitrogens with zero attached hydrogens (tertiary/aromatic N) is 1. The van der Waals surface area contributed by atoms with Crippen LogP contribution in [0, 0.1) is 6.92 Å². The van der Waals surface area contributed by atoms with E-state index in [9.17, 15) is 9.59 Å². The summed E-state index contributed by atoms with van der Waals surface area (Å²) in [5.74, 6) is -1.08. The van der Waals surface area contributed by atoms with Gasteiger partial charge in [-0.15, -0.1) is 0 Å². The molecule has 0 aliphatic heterocycles. The highest BCUT2D eigenvalue weighted by Crippen LogP contribution is 2.02. The van der Waals surface area contributed by atoms with Gasteiger partial charge in [0.1, 0.15) is 0 Å². The van der Waals surface area contributed by atoms with Gasteiger partial charge in [-0.2, -0.15) is 0 Å². The van der Waals surface area contributed by atoms with E-state index in [4.69, 9.17) is 5.11 Å². The van der Waals surface area contributed by atoms with Crippen molar-refractivity contribution in [2.24, 2.45) is 0 Å². The number of aryl methyl sites for hydroxylation is 1. The number of rotatable bonds is 5. The van der Waals surface area contributed by atoms with E-state index in [-0.39, 0.29) is 18.4 Å². The minimum absolute atomic E-state index is 0.0492. The second-order valence-electron chi connectivity index (χ2n) is 4.00. The molecule has 0 saturated carbocycles. The van der Waals surface area contributed by atoms with Crippen molar-refractivity contribution in [3.8, 4) is 0 Å². The summed E-state index contributed by atoms with van der Waals surface area (Å²) < 4.78 is 0. The molecule has 5 nitrogen and oxygen atoms in total. The fourth-order valence-electron chi connectivity index (χ4n) is 1.32. The molecule has 1 rings (SSSR count). The van der Waals surface area contributed by atoms with Crippen molar-refractivity contribution in [1.29, 1.82) is 0 Å². The van der Waals surface area contributed by atoms with E-state index in [2.05, 4.69) is 10.3 Å². The number of carboxylic acid groups (broad SMARTS) is 1. The second kappa shape index (κ2) is 5.98. The topological polar surface area (TPSA) is 79.3 Å². The zero-order valence-electron chi connectivity index (χ0n) is 9.93. The molecule has 0 bridgehead atoms. The van der Waals surface area contributed by atoms with Crippen LogP contribution in [0.25, 0.3) is 0 Å². The summed E-state index contributed by atoms with van der Waals surface area (Å²) in [7, 11) is 0. The molecular formula is C12H16N2O3. The van der Waals surface area contributed by atoms with E-state index in [1.54, 1.807) is 19.1 Å². The molecule has 0 aliphatic rings. The zero-order valence-corrected chi connectivity index (χ0v) is 9.93. The van der Waals surface area contributed by atoms with Gasteiger partial charge in [0.05, 0.1) is 5.56 Å². The van der Waals surface area contributed by atoms with Gasteiger partial charge in [-0.1, -0.05) is 0 Å². The van der Waals surface area contributed by atoms with Gasteiger partial charge in [-0.05, 0) is 32.4 Å². The lowest BCUT2D eigenvalue weighted by Gasteiger charge is -2.12. The van der Waals surface area contributed by atoms with Crippen LogP contribution in [0.4, 0.5) is 0 Å². The molecule has 1 heterocycles. The number of aromatic nitrogens is 1. The number of amides is 1. The third-order valence-electron chi connectivity index (χ3n) is 2.34. The van der Waals surface area contributed by atoms with E-state index in [1.807, 2.05) is 6.92 Å². The van der Waals surface area contributed by atoms with Crippen LogP contribution in [0.5, 0.6) is 0 Å². The number of pyridine rings is 1. The summed E-state index contributed by atoms with van der Waals surface area (Å²) in [6.07, 6.45) is 1.97. The molecule has 1 unspecified atom stereocenters. The Balaban J connectivity index is 2.48. The Morgan fingerprint density at radius 3 is 2.71 bits per heavy atom. The number of carbonyl (C=O) groups excluding carboxylic acids is 1. The Labute approximate surface area is 99.9 Å². The second-order valence-corrected chi connectivity index (χ2v) is 4.00. The highest BCUT2D eigenvalue weighted by atomic mass is 16.4. The standard InChI is InChI=1S/C12H16N2O3/c1-8-3-5-10(7-13-8)12(17)14-9(2)4-6-11(15)16/h3,5,7,9H,4,6H2,1-2H3,(H,14,17)(H,15,16). The first-order chi connectivity index (χ1) is 7.99. The molecule has 92 valence electrons. The van der Waals surface area contributed by atoms with Crippen LogP contribution in [-0.4, -0.2) is 28.0 Å². The van der Waals surface area contributed by atoms with Crippen molar-refractivity contribution in [2.45, 2.75) is 32.7 Å². The van der Waals surface area contributed by atoms with Crippen molar-refractivity contribution in [3.05, 3.63) is 29.6 Å². The molecule has 1 atom stereocenters. The van der Waals surface area contributed by atoms with Gasteiger partial charge in [-0.25, -0.2) is 0 Å². The normalized spacial score (nSPS) is 11.9. The Morgan fingerprint density at radius 1 is 1.47 bits per heavy atom. The molecule has 0 aliphatic carbocycles. The molecule has 17 heavy (non-hydrogen) atoms. The lowest BCUT2D eigenvalue weighted by atomic mass is 10.1. The predicted octanol–water partition coefficient (Wildman–Crippen LogP) is 1.37. The van der Waals surface area contributed by atoms with Gasteiger partial charge in [0.25, 0.3) is 5.91 Å². The van der Waals surface area contributed by atoms with Crippen LogP contribution in [0.3, 0.4) is 0 Å².